The molecule has 6 nitrogen and oxygen atoms in total. The van der Waals surface area contributed by atoms with E-state index in [-0.39, 0.29) is 30.5 Å². The quantitative estimate of drug-likeness (QED) is 0.264. The molecule has 36 heavy (non-hydrogen) atoms. The maximum atomic E-state index is 14.7. The van der Waals surface area contributed by atoms with Gasteiger partial charge in [-0.05, 0) is 43.2 Å². The van der Waals surface area contributed by atoms with Crippen LogP contribution in [0.3, 0.4) is 0 Å². The normalized spacial score (nSPS) is 17.7. The molecule has 3 aromatic heterocycles. The van der Waals surface area contributed by atoms with Crippen molar-refractivity contribution in [3.63, 3.8) is 0 Å². The van der Waals surface area contributed by atoms with Crippen molar-refractivity contribution >= 4 is 60.6 Å². The number of pyridine rings is 1. The molecule has 1 amide bonds. The summed E-state index contributed by atoms with van der Waals surface area (Å²) in [6.07, 6.45) is 2.30. The highest BCUT2D eigenvalue weighted by atomic mass is 32.1. The minimum absolute atomic E-state index is 0.00209. The van der Waals surface area contributed by atoms with Crippen LogP contribution in [0.4, 0.5) is 20.6 Å². The first-order valence-corrected chi connectivity index (χ1v) is 13.4. The van der Waals surface area contributed by atoms with Gasteiger partial charge in [0, 0.05) is 35.0 Å². The number of rotatable bonds is 5. The lowest BCUT2D eigenvalue weighted by atomic mass is 9.99. The summed E-state index contributed by atoms with van der Waals surface area (Å²) in [5, 5.41) is 4.18. The Kier molecular flexibility index (Phi) is 6.02. The molecule has 1 saturated heterocycles. The molecule has 0 saturated carbocycles. The van der Waals surface area contributed by atoms with Gasteiger partial charge in [0.2, 0.25) is 0 Å². The van der Waals surface area contributed by atoms with Gasteiger partial charge in [-0.15, -0.1) is 22.7 Å². The standard InChI is InChI=1S/C27H23FN4O2S2/c1-16-18(8-10-32(16)27(33)34-14-17-5-3-2-4-6-17)24-11-19-21(7-9-29-26(19)36-24)31-22-13-23-25(12-20(22)28)35-15-30-23/h2-7,9,11-13,15-16,18H,8,10,14H2,1H3,(H,29,31). The van der Waals surface area contributed by atoms with Crippen LogP contribution in [0.5, 0.6) is 0 Å². The number of benzene rings is 2. The maximum absolute atomic E-state index is 14.7. The Morgan fingerprint density at radius 3 is 2.89 bits per heavy atom. The van der Waals surface area contributed by atoms with Crippen LogP contribution in [0, 0.1) is 5.82 Å². The van der Waals surface area contributed by atoms with Crippen LogP contribution in [0.25, 0.3) is 20.4 Å². The van der Waals surface area contributed by atoms with E-state index >= 15 is 0 Å². The van der Waals surface area contributed by atoms with Gasteiger partial charge in [-0.3, -0.25) is 0 Å². The molecule has 1 N–H and O–H groups in total. The number of ether oxygens (including phenoxy) is 1. The number of carbonyl (C=O) groups excluding carboxylic acids is 1. The molecule has 2 aromatic carbocycles. The van der Waals surface area contributed by atoms with Gasteiger partial charge in [0.1, 0.15) is 17.3 Å². The largest absolute Gasteiger partial charge is 0.445 e. The maximum Gasteiger partial charge on any atom is 0.410 e. The van der Waals surface area contributed by atoms with Gasteiger partial charge in [0.25, 0.3) is 0 Å². The molecule has 0 radical (unpaired) electrons. The molecule has 6 rings (SSSR count). The highest BCUT2D eigenvalue weighted by Crippen LogP contribution is 2.41. The number of thiazole rings is 1. The second kappa shape index (κ2) is 9.48. The number of hydrogen-bond acceptors (Lipinski definition) is 7. The summed E-state index contributed by atoms with van der Waals surface area (Å²) in [5.41, 5.74) is 4.62. The average molecular weight is 519 g/mol. The summed E-state index contributed by atoms with van der Waals surface area (Å²) in [7, 11) is 0. The van der Waals surface area contributed by atoms with Gasteiger partial charge >= 0.3 is 6.09 Å². The van der Waals surface area contributed by atoms with E-state index in [1.54, 1.807) is 29.1 Å². The van der Waals surface area contributed by atoms with E-state index in [2.05, 4.69) is 28.3 Å². The van der Waals surface area contributed by atoms with E-state index in [0.717, 1.165) is 43.0 Å². The van der Waals surface area contributed by atoms with E-state index in [9.17, 15) is 9.18 Å². The fourth-order valence-electron chi connectivity index (χ4n) is 4.75. The first kappa shape index (κ1) is 22.9. The summed E-state index contributed by atoms with van der Waals surface area (Å²) in [6, 6.07) is 16.9. The Morgan fingerprint density at radius 2 is 2.03 bits per heavy atom. The molecule has 0 aliphatic carbocycles. The number of likely N-dealkylation sites (tertiary alicyclic amines) is 1. The van der Waals surface area contributed by atoms with Gasteiger partial charge in [-0.25, -0.2) is 19.2 Å². The highest BCUT2D eigenvalue weighted by Gasteiger charge is 2.36. The number of thiophene rings is 1. The predicted octanol–water partition coefficient (Wildman–Crippen LogP) is 7.30. The van der Waals surface area contributed by atoms with Gasteiger partial charge in [0.15, 0.2) is 0 Å². The van der Waals surface area contributed by atoms with Crippen molar-refractivity contribution < 1.29 is 13.9 Å². The fourth-order valence-corrected chi connectivity index (χ4v) is 6.69. The van der Waals surface area contributed by atoms with Crippen LogP contribution in [-0.2, 0) is 11.3 Å². The van der Waals surface area contributed by atoms with Crippen LogP contribution < -0.4 is 5.32 Å². The molecule has 182 valence electrons. The van der Waals surface area contributed by atoms with Crippen molar-refractivity contribution in [3.8, 4) is 0 Å². The zero-order chi connectivity index (χ0) is 24.6. The van der Waals surface area contributed by atoms with Crippen LogP contribution >= 0.6 is 22.7 Å². The van der Waals surface area contributed by atoms with E-state index in [0.29, 0.717) is 12.2 Å². The van der Waals surface area contributed by atoms with E-state index in [4.69, 9.17) is 4.74 Å². The number of nitrogens with one attached hydrogen (secondary N) is 1. The third-order valence-corrected chi connectivity index (χ3v) is 8.67. The molecular weight excluding hydrogens is 495 g/mol. The Hall–Kier alpha value is -3.56. The lowest BCUT2D eigenvalue weighted by Gasteiger charge is -2.23. The number of nitrogens with zero attached hydrogens (tertiary/aromatic N) is 3. The van der Waals surface area contributed by atoms with Crippen molar-refractivity contribution in [1.29, 1.82) is 0 Å². The van der Waals surface area contributed by atoms with E-state index in [1.165, 1.54) is 17.4 Å². The smallest absolute Gasteiger partial charge is 0.410 e. The third kappa shape index (κ3) is 4.29. The minimum Gasteiger partial charge on any atom is -0.445 e. The topological polar surface area (TPSA) is 67.4 Å². The lowest BCUT2D eigenvalue weighted by molar-refractivity contribution is 0.0934. The average Bonchev–Trinajstić information content (AvgIpc) is 3.61. The summed E-state index contributed by atoms with van der Waals surface area (Å²) >= 11 is 3.04. The Bertz CT molecular complexity index is 1550. The highest BCUT2D eigenvalue weighted by molar-refractivity contribution is 7.18. The molecule has 4 heterocycles. The van der Waals surface area contributed by atoms with Gasteiger partial charge < -0.3 is 15.0 Å². The number of hydrogen-bond donors (Lipinski definition) is 1. The summed E-state index contributed by atoms with van der Waals surface area (Å²) in [6.45, 7) is 2.97. The second-order valence-electron chi connectivity index (χ2n) is 8.87. The number of anilines is 2. The predicted molar refractivity (Wildman–Crippen MR) is 143 cm³/mol. The zero-order valence-electron chi connectivity index (χ0n) is 19.5. The van der Waals surface area contributed by atoms with E-state index in [1.807, 2.05) is 41.3 Å². The Labute approximate surface area is 215 Å². The summed E-state index contributed by atoms with van der Waals surface area (Å²) < 4.78 is 21.1. The SMILES string of the molecule is CC1C(c2cc3c(Nc4cc5ncsc5cc4F)ccnc3s2)CCN1C(=O)OCc1ccccc1. The molecule has 1 aliphatic rings. The van der Waals surface area contributed by atoms with Crippen LogP contribution in [0.15, 0.2) is 66.3 Å². The number of amides is 1. The summed E-state index contributed by atoms with van der Waals surface area (Å²) in [4.78, 5) is 25.5. The lowest BCUT2D eigenvalue weighted by Crippen LogP contribution is -2.35. The first-order chi connectivity index (χ1) is 17.6. The van der Waals surface area contributed by atoms with E-state index < -0.39 is 0 Å². The van der Waals surface area contributed by atoms with Crippen LogP contribution in [-0.4, -0.2) is 33.5 Å². The first-order valence-electron chi connectivity index (χ1n) is 11.7. The van der Waals surface area contributed by atoms with Crippen molar-refractivity contribution in [3.05, 3.63) is 82.6 Å². The minimum atomic E-state index is -0.318. The van der Waals surface area contributed by atoms with Gasteiger partial charge in [-0.2, -0.15) is 0 Å². The molecule has 1 fully saturated rings. The molecular formula is C27H23FN4O2S2. The fraction of sp³-hybridized carbons (Fsp3) is 0.222. The third-order valence-electron chi connectivity index (χ3n) is 6.70. The van der Waals surface area contributed by atoms with Crippen molar-refractivity contribution in [2.24, 2.45) is 0 Å². The summed E-state index contributed by atoms with van der Waals surface area (Å²) in [5.74, 6) is -0.134. The number of carbonyl (C=O) groups is 1. The van der Waals surface area contributed by atoms with Crippen LogP contribution in [0.1, 0.15) is 29.7 Å². The molecule has 2 unspecified atom stereocenters. The van der Waals surface area contributed by atoms with Crippen LogP contribution in [0.2, 0.25) is 0 Å². The zero-order valence-corrected chi connectivity index (χ0v) is 21.1. The number of aromatic nitrogens is 2. The van der Waals surface area contributed by atoms with Crippen molar-refractivity contribution in [2.45, 2.75) is 31.9 Å². The monoisotopic (exact) mass is 518 g/mol. The molecule has 9 heteroatoms. The Morgan fingerprint density at radius 1 is 1.17 bits per heavy atom. The molecule has 1 aliphatic heterocycles. The molecule has 5 aromatic rings. The second-order valence-corrected chi connectivity index (χ2v) is 10.8. The number of halogens is 1. The van der Waals surface area contributed by atoms with Gasteiger partial charge in [0.05, 0.1) is 27.1 Å². The Balaban J connectivity index is 1.21. The molecule has 0 bridgehead atoms. The van der Waals surface area contributed by atoms with Gasteiger partial charge in [-0.1, -0.05) is 30.3 Å². The van der Waals surface area contributed by atoms with Crippen molar-refractivity contribution in [2.75, 3.05) is 11.9 Å². The number of fused-ring (bicyclic) bond motifs is 2. The van der Waals surface area contributed by atoms with Crippen molar-refractivity contribution in [1.82, 2.24) is 14.9 Å². The molecule has 0 spiro atoms. The molecule has 2 atom stereocenters.